The monoisotopic (exact) mass is 371 g/mol. The number of hydrogen-bond donors (Lipinski definition) is 2. The maximum Gasteiger partial charge on any atom is 0.237 e. The van der Waals surface area contributed by atoms with Gasteiger partial charge in [-0.2, -0.15) is 0 Å². The highest BCUT2D eigenvalue weighted by Crippen LogP contribution is 2.18. The standard InChI is InChI=1S/C17H21N3O2.2ClH/c18-16(13-6-9-22-10-7-13)17(21)20-11-15-14-4-2-1-3-12(14)5-8-19-15;;/h1-5,8,13,16H,6-7,9-11,18H2,(H,20,21);2*1H. The number of amides is 1. The van der Waals surface area contributed by atoms with Gasteiger partial charge in [-0.05, 0) is 30.2 Å². The number of benzene rings is 1. The normalized spacial score (nSPS) is 15.9. The molecule has 1 atom stereocenters. The van der Waals surface area contributed by atoms with Gasteiger partial charge in [-0.3, -0.25) is 9.78 Å². The molecule has 0 bridgehead atoms. The molecule has 1 fully saturated rings. The Morgan fingerprint density at radius 2 is 1.96 bits per heavy atom. The molecule has 0 spiro atoms. The molecule has 1 unspecified atom stereocenters. The van der Waals surface area contributed by atoms with Crippen molar-refractivity contribution in [1.29, 1.82) is 0 Å². The van der Waals surface area contributed by atoms with Gasteiger partial charge in [0.15, 0.2) is 0 Å². The van der Waals surface area contributed by atoms with Crippen LogP contribution in [0.15, 0.2) is 36.5 Å². The SMILES string of the molecule is Cl.Cl.NC(C(=O)NCc1nccc2ccccc12)C1CCOCC1. The Morgan fingerprint density at radius 3 is 2.71 bits per heavy atom. The van der Waals surface area contributed by atoms with Gasteiger partial charge < -0.3 is 15.8 Å². The van der Waals surface area contributed by atoms with Crippen molar-refractivity contribution < 1.29 is 9.53 Å². The fourth-order valence-electron chi connectivity index (χ4n) is 2.90. The highest BCUT2D eigenvalue weighted by atomic mass is 35.5. The molecule has 1 amide bonds. The number of ether oxygens (including phenoxy) is 1. The minimum atomic E-state index is -0.473. The lowest BCUT2D eigenvalue weighted by atomic mass is 9.92. The second-order valence-corrected chi connectivity index (χ2v) is 5.67. The van der Waals surface area contributed by atoms with Gasteiger partial charge in [0.25, 0.3) is 0 Å². The van der Waals surface area contributed by atoms with Crippen molar-refractivity contribution in [1.82, 2.24) is 10.3 Å². The molecule has 132 valence electrons. The van der Waals surface area contributed by atoms with Crippen LogP contribution >= 0.6 is 24.8 Å². The lowest BCUT2D eigenvalue weighted by Gasteiger charge is -2.26. The predicted molar refractivity (Wildman–Crippen MR) is 99.6 cm³/mol. The minimum Gasteiger partial charge on any atom is -0.381 e. The van der Waals surface area contributed by atoms with E-state index in [9.17, 15) is 4.79 Å². The Bertz CT molecular complexity index is 658. The van der Waals surface area contributed by atoms with Crippen molar-refractivity contribution in [3.8, 4) is 0 Å². The fourth-order valence-corrected chi connectivity index (χ4v) is 2.90. The van der Waals surface area contributed by atoms with Crippen LogP contribution in [-0.4, -0.2) is 30.1 Å². The van der Waals surface area contributed by atoms with Crippen LogP contribution in [0.25, 0.3) is 10.8 Å². The highest BCUT2D eigenvalue weighted by molar-refractivity contribution is 5.86. The van der Waals surface area contributed by atoms with Gasteiger partial charge in [0.2, 0.25) is 5.91 Å². The molecule has 0 aliphatic carbocycles. The highest BCUT2D eigenvalue weighted by Gasteiger charge is 2.26. The summed E-state index contributed by atoms with van der Waals surface area (Å²) in [6.45, 7) is 1.78. The minimum absolute atomic E-state index is 0. The number of carbonyl (C=O) groups excluding carboxylic acids is 1. The van der Waals surface area contributed by atoms with E-state index >= 15 is 0 Å². The van der Waals surface area contributed by atoms with Crippen molar-refractivity contribution >= 4 is 41.5 Å². The average molecular weight is 372 g/mol. The van der Waals surface area contributed by atoms with Crippen LogP contribution in [-0.2, 0) is 16.1 Å². The van der Waals surface area contributed by atoms with E-state index in [0.29, 0.717) is 19.8 Å². The summed E-state index contributed by atoms with van der Waals surface area (Å²) in [5.41, 5.74) is 6.95. The number of halogens is 2. The summed E-state index contributed by atoms with van der Waals surface area (Å²) in [5.74, 6) is 0.0934. The quantitative estimate of drug-likeness (QED) is 0.864. The smallest absolute Gasteiger partial charge is 0.237 e. The van der Waals surface area contributed by atoms with E-state index in [1.165, 1.54) is 0 Å². The van der Waals surface area contributed by atoms with Crippen LogP contribution in [0.3, 0.4) is 0 Å². The zero-order valence-electron chi connectivity index (χ0n) is 13.3. The summed E-state index contributed by atoms with van der Waals surface area (Å²) in [5, 5.41) is 5.10. The molecule has 1 aliphatic rings. The molecule has 0 radical (unpaired) electrons. The molecule has 5 nitrogen and oxygen atoms in total. The number of rotatable bonds is 4. The molecule has 7 heteroatoms. The summed E-state index contributed by atoms with van der Waals surface area (Å²) in [7, 11) is 0. The first-order valence-electron chi connectivity index (χ1n) is 7.69. The van der Waals surface area contributed by atoms with E-state index in [4.69, 9.17) is 10.5 Å². The van der Waals surface area contributed by atoms with Crippen LogP contribution in [0, 0.1) is 5.92 Å². The molecule has 3 rings (SSSR count). The third-order valence-electron chi connectivity index (χ3n) is 4.26. The number of carbonyl (C=O) groups is 1. The van der Waals surface area contributed by atoms with E-state index < -0.39 is 6.04 Å². The average Bonchev–Trinajstić information content (AvgIpc) is 2.59. The summed E-state index contributed by atoms with van der Waals surface area (Å²) >= 11 is 0. The molecule has 1 aromatic carbocycles. The number of nitrogens with one attached hydrogen (secondary N) is 1. The fraction of sp³-hybridized carbons (Fsp3) is 0.412. The van der Waals surface area contributed by atoms with E-state index in [0.717, 1.165) is 29.3 Å². The molecular formula is C17H23Cl2N3O2. The molecule has 1 aliphatic heterocycles. The van der Waals surface area contributed by atoms with Crippen LogP contribution in [0.4, 0.5) is 0 Å². The summed E-state index contributed by atoms with van der Waals surface area (Å²) in [6.07, 6.45) is 3.46. The van der Waals surface area contributed by atoms with Gasteiger partial charge in [0, 0.05) is 24.8 Å². The van der Waals surface area contributed by atoms with Crippen LogP contribution in [0.2, 0.25) is 0 Å². The number of nitrogens with zero attached hydrogens (tertiary/aromatic N) is 1. The van der Waals surface area contributed by atoms with Crippen molar-refractivity contribution in [2.24, 2.45) is 11.7 Å². The van der Waals surface area contributed by atoms with Crippen LogP contribution < -0.4 is 11.1 Å². The number of nitrogens with two attached hydrogens (primary N) is 1. The Balaban J connectivity index is 0.00000144. The zero-order chi connectivity index (χ0) is 15.4. The first kappa shape index (κ1) is 20.6. The number of pyridine rings is 1. The van der Waals surface area contributed by atoms with E-state index in [-0.39, 0.29) is 36.6 Å². The third kappa shape index (κ3) is 4.80. The van der Waals surface area contributed by atoms with Gasteiger partial charge in [-0.25, -0.2) is 0 Å². The molecule has 1 saturated heterocycles. The molecule has 2 heterocycles. The summed E-state index contributed by atoms with van der Waals surface area (Å²) in [6, 6.07) is 9.51. The number of aromatic nitrogens is 1. The van der Waals surface area contributed by atoms with Crippen molar-refractivity contribution in [2.45, 2.75) is 25.4 Å². The Hall–Kier alpha value is -1.40. The van der Waals surface area contributed by atoms with E-state index in [1.807, 2.05) is 30.3 Å². The number of fused-ring (bicyclic) bond motifs is 1. The van der Waals surface area contributed by atoms with Crippen molar-refractivity contribution in [3.63, 3.8) is 0 Å². The summed E-state index contributed by atoms with van der Waals surface area (Å²) in [4.78, 5) is 16.6. The van der Waals surface area contributed by atoms with Crippen molar-refractivity contribution in [2.75, 3.05) is 13.2 Å². The van der Waals surface area contributed by atoms with Gasteiger partial charge in [0.1, 0.15) is 0 Å². The van der Waals surface area contributed by atoms with Gasteiger partial charge in [0.05, 0.1) is 18.3 Å². The predicted octanol–water partition coefficient (Wildman–Crippen LogP) is 2.45. The molecular weight excluding hydrogens is 349 g/mol. The maximum absolute atomic E-state index is 12.2. The first-order valence-corrected chi connectivity index (χ1v) is 7.69. The lowest BCUT2D eigenvalue weighted by molar-refractivity contribution is -0.124. The second kappa shape index (κ2) is 9.79. The summed E-state index contributed by atoms with van der Waals surface area (Å²) < 4.78 is 5.31. The number of hydrogen-bond acceptors (Lipinski definition) is 4. The third-order valence-corrected chi connectivity index (χ3v) is 4.26. The van der Waals surface area contributed by atoms with Gasteiger partial charge >= 0.3 is 0 Å². The maximum atomic E-state index is 12.2. The van der Waals surface area contributed by atoms with Crippen LogP contribution in [0.1, 0.15) is 18.5 Å². The molecule has 24 heavy (non-hydrogen) atoms. The Kier molecular flexibility index (Phi) is 8.42. The Labute approximate surface area is 154 Å². The van der Waals surface area contributed by atoms with Gasteiger partial charge in [-0.15, -0.1) is 24.8 Å². The van der Waals surface area contributed by atoms with E-state index in [2.05, 4.69) is 10.3 Å². The van der Waals surface area contributed by atoms with Gasteiger partial charge in [-0.1, -0.05) is 24.3 Å². The lowest BCUT2D eigenvalue weighted by Crippen LogP contribution is -2.46. The molecule has 2 aromatic rings. The molecule has 0 saturated carbocycles. The zero-order valence-corrected chi connectivity index (χ0v) is 14.9. The molecule has 3 N–H and O–H groups in total. The first-order chi connectivity index (χ1) is 10.8. The van der Waals surface area contributed by atoms with E-state index in [1.54, 1.807) is 6.20 Å². The van der Waals surface area contributed by atoms with Crippen molar-refractivity contribution in [3.05, 3.63) is 42.2 Å². The molecule has 1 aromatic heterocycles. The second-order valence-electron chi connectivity index (χ2n) is 5.67. The topological polar surface area (TPSA) is 77.2 Å². The largest absolute Gasteiger partial charge is 0.381 e. The Morgan fingerprint density at radius 1 is 1.25 bits per heavy atom. The van der Waals surface area contributed by atoms with Crippen LogP contribution in [0.5, 0.6) is 0 Å².